The van der Waals surface area contributed by atoms with Crippen molar-refractivity contribution in [3.05, 3.63) is 48.0 Å². The Hall–Kier alpha value is -0.640. The van der Waals surface area contributed by atoms with E-state index < -0.39 is 0 Å². The average Bonchev–Trinajstić information content (AvgIpc) is 2.46. The Balaban J connectivity index is 1.90. The molecule has 1 aliphatic heterocycles. The molecule has 2 N–H and O–H groups in total. The van der Waals surface area contributed by atoms with Gasteiger partial charge in [0.1, 0.15) is 0 Å². The molecule has 3 rings (SSSR count). The molecule has 1 nitrogen and oxygen atoms in total. The van der Waals surface area contributed by atoms with E-state index in [-0.39, 0.29) is 6.04 Å². The van der Waals surface area contributed by atoms with Crippen LogP contribution < -0.4 is 5.73 Å². The SMILES string of the molecule is CC1SCCSC1C(N)c1ccc2ccccc2c1. The molecule has 3 atom stereocenters. The van der Waals surface area contributed by atoms with E-state index in [0.717, 1.165) is 0 Å². The van der Waals surface area contributed by atoms with E-state index in [1.165, 1.54) is 27.8 Å². The molecule has 19 heavy (non-hydrogen) atoms. The van der Waals surface area contributed by atoms with Gasteiger partial charge in [0.05, 0.1) is 0 Å². The molecule has 0 bridgehead atoms. The monoisotopic (exact) mass is 289 g/mol. The lowest BCUT2D eigenvalue weighted by atomic mass is 9.99. The highest BCUT2D eigenvalue weighted by atomic mass is 32.2. The van der Waals surface area contributed by atoms with Gasteiger partial charge in [0.2, 0.25) is 0 Å². The lowest BCUT2D eigenvalue weighted by molar-refractivity contribution is 0.664. The average molecular weight is 289 g/mol. The topological polar surface area (TPSA) is 26.0 Å². The van der Waals surface area contributed by atoms with Crippen molar-refractivity contribution in [2.75, 3.05) is 11.5 Å². The Labute approximate surface area is 123 Å². The second-order valence-corrected chi connectivity index (χ2v) is 7.81. The van der Waals surface area contributed by atoms with Gasteiger partial charge in [-0.2, -0.15) is 23.5 Å². The van der Waals surface area contributed by atoms with Crippen molar-refractivity contribution in [3.8, 4) is 0 Å². The largest absolute Gasteiger partial charge is 0.323 e. The van der Waals surface area contributed by atoms with Crippen LogP contribution in [0.5, 0.6) is 0 Å². The fourth-order valence-electron chi connectivity index (χ4n) is 2.65. The Morgan fingerprint density at radius 2 is 1.79 bits per heavy atom. The minimum absolute atomic E-state index is 0.136. The van der Waals surface area contributed by atoms with Crippen LogP contribution in [-0.4, -0.2) is 22.0 Å². The van der Waals surface area contributed by atoms with Crippen molar-refractivity contribution in [1.29, 1.82) is 0 Å². The summed E-state index contributed by atoms with van der Waals surface area (Å²) < 4.78 is 0. The van der Waals surface area contributed by atoms with Gasteiger partial charge in [-0.25, -0.2) is 0 Å². The maximum absolute atomic E-state index is 6.52. The Morgan fingerprint density at radius 1 is 1.05 bits per heavy atom. The molecule has 0 aromatic heterocycles. The lowest BCUT2D eigenvalue weighted by Gasteiger charge is -2.32. The minimum atomic E-state index is 0.136. The quantitative estimate of drug-likeness (QED) is 0.902. The first-order valence-electron chi connectivity index (χ1n) is 6.73. The van der Waals surface area contributed by atoms with E-state index in [0.29, 0.717) is 10.5 Å². The molecule has 0 aliphatic carbocycles. The maximum atomic E-state index is 6.52. The smallest absolute Gasteiger partial charge is 0.0426 e. The molecular weight excluding hydrogens is 270 g/mol. The van der Waals surface area contributed by atoms with Crippen molar-refractivity contribution in [3.63, 3.8) is 0 Å². The minimum Gasteiger partial charge on any atom is -0.323 e. The third-order valence-electron chi connectivity index (χ3n) is 3.75. The van der Waals surface area contributed by atoms with Crippen LogP contribution in [0.2, 0.25) is 0 Å². The summed E-state index contributed by atoms with van der Waals surface area (Å²) in [4.78, 5) is 0. The summed E-state index contributed by atoms with van der Waals surface area (Å²) in [5, 5.41) is 3.74. The summed E-state index contributed by atoms with van der Waals surface area (Å²) >= 11 is 4.09. The number of nitrogens with two attached hydrogens (primary N) is 1. The van der Waals surface area contributed by atoms with Crippen LogP contribution >= 0.6 is 23.5 Å². The van der Waals surface area contributed by atoms with Crippen LogP contribution in [0, 0.1) is 0 Å². The highest BCUT2D eigenvalue weighted by molar-refractivity contribution is 8.07. The highest BCUT2D eigenvalue weighted by Gasteiger charge is 2.28. The number of rotatable bonds is 2. The van der Waals surface area contributed by atoms with E-state index in [9.17, 15) is 0 Å². The summed E-state index contributed by atoms with van der Waals surface area (Å²) in [6, 6.07) is 15.3. The molecule has 2 aromatic rings. The summed E-state index contributed by atoms with van der Waals surface area (Å²) in [7, 11) is 0. The zero-order valence-corrected chi connectivity index (χ0v) is 12.7. The third kappa shape index (κ3) is 2.78. The molecule has 1 saturated heterocycles. The summed E-state index contributed by atoms with van der Waals surface area (Å²) in [5.74, 6) is 2.48. The third-order valence-corrected chi connectivity index (χ3v) is 6.97. The van der Waals surface area contributed by atoms with Crippen LogP contribution in [-0.2, 0) is 0 Å². The molecule has 0 radical (unpaired) electrons. The molecule has 0 amide bonds. The molecule has 2 aromatic carbocycles. The Morgan fingerprint density at radius 3 is 2.58 bits per heavy atom. The predicted octanol–water partition coefficient (Wildman–Crippen LogP) is 4.08. The van der Waals surface area contributed by atoms with E-state index in [4.69, 9.17) is 5.73 Å². The van der Waals surface area contributed by atoms with Crippen LogP contribution in [0.1, 0.15) is 18.5 Å². The van der Waals surface area contributed by atoms with Gasteiger partial charge in [-0.1, -0.05) is 43.3 Å². The van der Waals surface area contributed by atoms with Crippen molar-refractivity contribution in [2.45, 2.75) is 23.5 Å². The molecule has 0 saturated carbocycles. The molecular formula is C16H19NS2. The fraction of sp³-hybridized carbons (Fsp3) is 0.375. The van der Waals surface area contributed by atoms with Gasteiger partial charge in [0, 0.05) is 28.0 Å². The zero-order valence-electron chi connectivity index (χ0n) is 11.1. The number of thioether (sulfide) groups is 2. The lowest BCUT2D eigenvalue weighted by Crippen LogP contribution is -2.34. The Bertz CT molecular complexity index is 569. The number of fused-ring (bicyclic) bond motifs is 1. The molecule has 0 spiro atoms. The second kappa shape index (κ2) is 5.78. The molecule has 3 heteroatoms. The molecule has 3 unspecified atom stereocenters. The summed E-state index contributed by atoms with van der Waals surface area (Å²) in [6.07, 6.45) is 0. The summed E-state index contributed by atoms with van der Waals surface area (Å²) in [6.45, 7) is 2.31. The first-order chi connectivity index (χ1) is 9.25. The fourth-order valence-corrected chi connectivity index (χ4v) is 5.53. The van der Waals surface area contributed by atoms with Gasteiger partial charge in [-0.3, -0.25) is 0 Å². The molecule has 1 fully saturated rings. The van der Waals surface area contributed by atoms with E-state index in [2.05, 4.69) is 61.2 Å². The summed E-state index contributed by atoms with van der Waals surface area (Å²) in [5.41, 5.74) is 7.79. The van der Waals surface area contributed by atoms with Gasteiger partial charge in [0.15, 0.2) is 0 Å². The molecule has 100 valence electrons. The zero-order chi connectivity index (χ0) is 13.2. The van der Waals surface area contributed by atoms with Crippen LogP contribution in [0.4, 0.5) is 0 Å². The number of benzene rings is 2. The van der Waals surface area contributed by atoms with E-state index in [1.54, 1.807) is 0 Å². The van der Waals surface area contributed by atoms with Gasteiger partial charge < -0.3 is 5.73 Å². The van der Waals surface area contributed by atoms with Gasteiger partial charge in [-0.15, -0.1) is 0 Å². The maximum Gasteiger partial charge on any atom is 0.0426 e. The van der Waals surface area contributed by atoms with Crippen molar-refractivity contribution >= 4 is 34.3 Å². The second-order valence-electron chi connectivity index (χ2n) is 5.04. The highest BCUT2D eigenvalue weighted by Crippen LogP contribution is 2.37. The molecule has 1 heterocycles. The number of hydrogen-bond donors (Lipinski definition) is 1. The van der Waals surface area contributed by atoms with Crippen LogP contribution in [0.3, 0.4) is 0 Å². The van der Waals surface area contributed by atoms with Crippen LogP contribution in [0.15, 0.2) is 42.5 Å². The predicted molar refractivity (Wildman–Crippen MR) is 89.0 cm³/mol. The van der Waals surface area contributed by atoms with Crippen LogP contribution in [0.25, 0.3) is 10.8 Å². The van der Waals surface area contributed by atoms with E-state index >= 15 is 0 Å². The number of hydrogen-bond acceptors (Lipinski definition) is 3. The molecule has 1 aliphatic rings. The van der Waals surface area contributed by atoms with Crippen molar-refractivity contribution in [1.82, 2.24) is 0 Å². The van der Waals surface area contributed by atoms with Crippen molar-refractivity contribution in [2.24, 2.45) is 5.73 Å². The van der Waals surface area contributed by atoms with Gasteiger partial charge in [0.25, 0.3) is 0 Å². The van der Waals surface area contributed by atoms with E-state index in [1.807, 2.05) is 11.8 Å². The Kier molecular flexibility index (Phi) is 4.06. The standard InChI is InChI=1S/C16H19NS2/c1-11-16(19-9-8-18-11)15(17)14-7-6-12-4-2-3-5-13(12)10-14/h2-7,10-11,15-16H,8-9,17H2,1H3. The first-order valence-corrected chi connectivity index (χ1v) is 8.83. The van der Waals surface area contributed by atoms with Crippen molar-refractivity contribution < 1.29 is 0 Å². The van der Waals surface area contributed by atoms with Gasteiger partial charge >= 0.3 is 0 Å². The van der Waals surface area contributed by atoms with Gasteiger partial charge in [-0.05, 0) is 22.4 Å². The normalized spacial score (nSPS) is 25.4. The first kappa shape index (κ1) is 13.3.